The molecular weight excluding hydrogens is 222 g/mol. The molecule has 0 fully saturated rings. The maximum Gasteiger partial charge on any atom is 0.0271 e. The topological polar surface area (TPSA) is 28.2 Å². The lowest BCUT2D eigenvalue weighted by atomic mass is 10.1. The molecule has 18 heavy (non-hydrogen) atoms. The fourth-order valence-electron chi connectivity index (χ4n) is 2.39. The molecule has 1 heterocycles. The molecule has 0 saturated heterocycles. The molecule has 0 aliphatic carbocycles. The Morgan fingerprint density at radius 2 is 1.89 bits per heavy atom. The Balaban J connectivity index is 2.49. The first-order valence-corrected chi connectivity index (χ1v) is 7.03. The van der Waals surface area contributed by atoms with Crippen molar-refractivity contribution >= 4 is 0 Å². The lowest BCUT2D eigenvalue weighted by Gasteiger charge is -2.30. The Morgan fingerprint density at radius 3 is 2.44 bits per heavy atom. The molecule has 0 aliphatic rings. The molecule has 1 N–H and O–H groups in total. The molecule has 0 bridgehead atoms. The Morgan fingerprint density at radius 1 is 1.22 bits per heavy atom. The van der Waals surface area contributed by atoms with Gasteiger partial charge in [0.2, 0.25) is 0 Å². The molecule has 0 radical (unpaired) electrons. The van der Waals surface area contributed by atoms with Gasteiger partial charge < -0.3 is 5.32 Å². The number of aromatic nitrogens is 1. The first-order valence-electron chi connectivity index (χ1n) is 7.03. The standard InChI is InChI=1S/C15H27N3/c1-5-17-13(3)11-14(4)18(6-2)12-15-7-9-16-10-8-15/h7-10,13-14,17H,5-6,11-12H2,1-4H3. The summed E-state index contributed by atoms with van der Waals surface area (Å²) in [7, 11) is 0. The van der Waals surface area contributed by atoms with Crippen molar-refractivity contribution in [2.45, 2.75) is 52.7 Å². The van der Waals surface area contributed by atoms with Crippen LogP contribution in [-0.4, -0.2) is 35.1 Å². The lowest BCUT2D eigenvalue weighted by molar-refractivity contribution is 0.190. The van der Waals surface area contributed by atoms with E-state index in [-0.39, 0.29) is 0 Å². The van der Waals surface area contributed by atoms with Crippen LogP contribution in [-0.2, 0) is 6.54 Å². The number of nitrogens with zero attached hydrogens (tertiary/aromatic N) is 2. The van der Waals surface area contributed by atoms with E-state index in [1.165, 1.54) is 12.0 Å². The maximum absolute atomic E-state index is 4.07. The predicted molar refractivity (Wildman–Crippen MR) is 77.5 cm³/mol. The van der Waals surface area contributed by atoms with Crippen LogP contribution in [0.4, 0.5) is 0 Å². The van der Waals surface area contributed by atoms with Gasteiger partial charge in [0.15, 0.2) is 0 Å². The zero-order chi connectivity index (χ0) is 13.4. The summed E-state index contributed by atoms with van der Waals surface area (Å²) in [4.78, 5) is 6.58. The van der Waals surface area contributed by atoms with Crippen LogP contribution in [0.5, 0.6) is 0 Å². The summed E-state index contributed by atoms with van der Waals surface area (Å²) in [5, 5.41) is 3.48. The monoisotopic (exact) mass is 249 g/mol. The summed E-state index contributed by atoms with van der Waals surface area (Å²) in [6.45, 7) is 12.1. The molecule has 1 rings (SSSR count). The van der Waals surface area contributed by atoms with E-state index < -0.39 is 0 Å². The number of hydrogen-bond acceptors (Lipinski definition) is 3. The summed E-state index contributed by atoms with van der Waals surface area (Å²) in [6, 6.07) is 5.38. The SMILES string of the molecule is CCNC(C)CC(C)N(CC)Cc1ccncc1. The van der Waals surface area contributed by atoms with Crippen LogP contribution < -0.4 is 5.32 Å². The summed E-state index contributed by atoms with van der Waals surface area (Å²) < 4.78 is 0. The van der Waals surface area contributed by atoms with Crippen molar-refractivity contribution in [1.82, 2.24) is 15.2 Å². The van der Waals surface area contributed by atoms with Gasteiger partial charge in [0, 0.05) is 31.0 Å². The molecular formula is C15H27N3. The molecule has 0 spiro atoms. The first kappa shape index (κ1) is 15.1. The minimum absolute atomic E-state index is 0.580. The second-order valence-corrected chi connectivity index (χ2v) is 4.96. The maximum atomic E-state index is 4.07. The highest BCUT2D eigenvalue weighted by molar-refractivity contribution is 5.09. The third-order valence-corrected chi connectivity index (χ3v) is 3.41. The molecule has 102 valence electrons. The summed E-state index contributed by atoms with van der Waals surface area (Å²) in [6.07, 6.45) is 4.93. The van der Waals surface area contributed by atoms with Crippen molar-refractivity contribution in [1.29, 1.82) is 0 Å². The highest BCUT2D eigenvalue weighted by atomic mass is 15.1. The van der Waals surface area contributed by atoms with Crippen molar-refractivity contribution in [2.75, 3.05) is 13.1 Å². The molecule has 0 saturated carbocycles. The summed E-state index contributed by atoms with van der Waals surface area (Å²) in [5.74, 6) is 0. The van der Waals surface area contributed by atoms with Gasteiger partial charge in [-0.2, -0.15) is 0 Å². The van der Waals surface area contributed by atoms with Gasteiger partial charge in [-0.25, -0.2) is 0 Å². The Hall–Kier alpha value is -0.930. The highest BCUT2D eigenvalue weighted by Crippen LogP contribution is 2.11. The quantitative estimate of drug-likeness (QED) is 0.768. The van der Waals surface area contributed by atoms with Gasteiger partial charge in [-0.3, -0.25) is 9.88 Å². The van der Waals surface area contributed by atoms with Crippen molar-refractivity contribution in [3.8, 4) is 0 Å². The fourth-order valence-corrected chi connectivity index (χ4v) is 2.39. The van der Waals surface area contributed by atoms with Gasteiger partial charge in [-0.15, -0.1) is 0 Å². The molecule has 0 aliphatic heterocycles. The average Bonchev–Trinajstić information content (AvgIpc) is 2.37. The van der Waals surface area contributed by atoms with E-state index in [2.05, 4.69) is 55.0 Å². The van der Waals surface area contributed by atoms with E-state index in [1.807, 2.05) is 12.4 Å². The van der Waals surface area contributed by atoms with Crippen molar-refractivity contribution in [3.05, 3.63) is 30.1 Å². The second kappa shape index (κ2) is 8.22. The predicted octanol–water partition coefficient (Wildman–Crippen LogP) is 2.68. The largest absolute Gasteiger partial charge is 0.314 e. The molecule has 0 aromatic carbocycles. The molecule has 3 nitrogen and oxygen atoms in total. The lowest BCUT2D eigenvalue weighted by Crippen LogP contribution is -2.38. The van der Waals surface area contributed by atoms with Crippen LogP contribution in [0.2, 0.25) is 0 Å². The van der Waals surface area contributed by atoms with E-state index in [0.29, 0.717) is 12.1 Å². The van der Waals surface area contributed by atoms with E-state index in [4.69, 9.17) is 0 Å². The second-order valence-electron chi connectivity index (χ2n) is 4.96. The average molecular weight is 249 g/mol. The zero-order valence-corrected chi connectivity index (χ0v) is 12.2. The third-order valence-electron chi connectivity index (χ3n) is 3.41. The molecule has 1 aromatic heterocycles. The van der Waals surface area contributed by atoms with Crippen LogP contribution in [0, 0.1) is 0 Å². The molecule has 2 unspecified atom stereocenters. The Bertz CT molecular complexity index is 313. The molecule has 2 atom stereocenters. The Kier molecular flexibility index (Phi) is 6.91. The van der Waals surface area contributed by atoms with Gasteiger partial charge in [-0.05, 0) is 51.1 Å². The van der Waals surface area contributed by atoms with Crippen LogP contribution in [0.15, 0.2) is 24.5 Å². The minimum Gasteiger partial charge on any atom is -0.314 e. The van der Waals surface area contributed by atoms with Crippen LogP contribution in [0.1, 0.15) is 39.7 Å². The summed E-state index contributed by atoms with van der Waals surface area (Å²) in [5.41, 5.74) is 1.34. The van der Waals surface area contributed by atoms with Crippen LogP contribution in [0.25, 0.3) is 0 Å². The number of hydrogen-bond donors (Lipinski definition) is 1. The summed E-state index contributed by atoms with van der Waals surface area (Å²) >= 11 is 0. The van der Waals surface area contributed by atoms with Gasteiger partial charge in [0.25, 0.3) is 0 Å². The smallest absolute Gasteiger partial charge is 0.0271 e. The zero-order valence-electron chi connectivity index (χ0n) is 12.2. The normalized spacial score (nSPS) is 14.7. The third kappa shape index (κ3) is 5.15. The van der Waals surface area contributed by atoms with E-state index in [0.717, 1.165) is 19.6 Å². The van der Waals surface area contributed by atoms with E-state index in [9.17, 15) is 0 Å². The van der Waals surface area contributed by atoms with E-state index >= 15 is 0 Å². The number of nitrogens with one attached hydrogen (secondary N) is 1. The van der Waals surface area contributed by atoms with Crippen molar-refractivity contribution in [3.63, 3.8) is 0 Å². The van der Waals surface area contributed by atoms with Gasteiger partial charge >= 0.3 is 0 Å². The highest BCUT2D eigenvalue weighted by Gasteiger charge is 2.15. The first-order chi connectivity index (χ1) is 8.67. The van der Waals surface area contributed by atoms with Crippen molar-refractivity contribution in [2.24, 2.45) is 0 Å². The molecule has 1 aromatic rings. The number of pyridine rings is 1. The minimum atomic E-state index is 0.580. The van der Waals surface area contributed by atoms with Crippen molar-refractivity contribution < 1.29 is 0 Å². The van der Waals surface area contributed by atoms with E-state index in [1.54, 1.807) is 0 Å². The van der Waals surface area contributed by atoms with Gasteiger partial charge in [-0.1, -0.05) is 13.8 Å². The molecule has 0 amide bonds. The van der Waals surface area contributed by atoms with Gasteiger partial charge in [0.1, 0.15) is 0 Å². The fraction of sp³-hybridized carbons (Fsp3) is 0.667. The van der Waals surface area contributed by atoms with Crippen LogP contribution in [0.3, 0.4) is 0 Å². The van der Waals surface area contributed by atoms with Gasteiger partial charge in [0.05, 0.1) is 0 Å². The number of rotatable bonds is 8. The Labute approximate surface area is 112 Å². The van der Waals surface area contributed by atoms with Crippen LogP contribution >= 0.6 is 0 Å². The molecule has 3 heteroatoms.